The van der Waals surface area contributed by atoms with Crippen molar-refractivity contribution in [3.05, 3.63) is 53.1 Å². The van der Waals surface area contributed by atoms with Gasteiger partial charge >= 0.3 is 0 Å². The number of likely N-dealkylation sites (N-methyl/N-ethyl adjacent to an activating group) is 1. The second-order valence-electron chi connectivity index (χ2n) is 8.67. The molecule has 1 saturated heterocycles. The molecule has 0 spiro atoms. The van der Waals surface area contributed by atoms with Crippen LogP contribution >= 0.6 is 23.4 Å². The Bertz CT molecular complexity index is 856. The second-order valence-corrected chi connectivity index (χ2v) is 10.1. The van der Waals surface area contributed by atoms with Crippen LogP contribution in [0.2, 0.25) is 5.02 Å². The first kappa shape index (κ1) is 23.0. The number of para-hydroxylation sites is 1. The summed E-state index contributed by atoms with van der Waals surface area (Å²) in [6.45, 7) is 13.7. The third-order valence-electron chi connectivity index (χ3n) is 5.49. The Labute approximate surface area is 190 Å². The highest BCUT2D eigenvalue weighted by Gasteiger charge is 2.21. The number of amides is 1. The third kappa shape index (κ3) is 5.93. The lowest BCUT2D eigenvalue weighted by Gasteiger charge is -2.36. The van der Waals surface area contributed by atoms with Gasteiger partial charge in [0, 0.05) is 31.1 Å². The van der Waals surface area contributed by atoms with Crippen LogP contribution in [0.1, 0.15) is 33.3 Å². The first-order chi connectivity index (χ1) is 14.3. The molecule has 30 heavy (non-hydrogen) atoms. The minimum absolute atomic E-state index is 0.0180. The highest BCUT2D eigenvalue weighted by Crippen LogP contribution is 2.35. The zero-order valence-corrected chi connectivity index (χ0v) is 19.9. The Morgan fingerprint density at radius 2 is 1.73 bits per heavy atom. The number of nitrogens with zero attached hydrogens (tertiary/aromatic N) is 2. The molecule has 0 unspecified atom stereocenters. The van der Waals surface area contributed by atoms with E-state index in [-0.39, 0.29) is 11.3 Å². The molecule has 0 radical (unpaired) electrons. The fourth-order valence-electron chi connectivity index (χ4n) is 3.61. The van der Waals surface area contributed by atoms with Gasteiger partial charge in [0.2, 0.25) is 5.91 Å². The molecule has 0 atom stereocenters. The number of hydrogen-bond acceptors (Lipinski definition) is 4. The molecule has 162 valence electrons. The third-order valence-corrected chi connectivity index (χ3v) is 6.80. The molecule has 0 saturated carbocycles. The molecule has 0 bridgehead atoms. The van der Waals surface area contributed by atoms with Crippen LogP contribution in [0, 0.1) is 0 Å². The molecular weight excluding hydrogens is 414 g/mol. The minimum atomic E-state index is -0.0180. The number of piperazine rings is 1. The zero-order valence-electron chi connectivity index (χ0n) is 18.4. The van der Waals surface area contributed by atoms with Crippen molar-refractivity contribution in [2.75, 3.05) is 48.7 Å². The molecule has 4 nitrogen and oxygen atoms in total. The van der Waals surface area contributed by atoms with Crippen LogP contribution in [0.5, 0.6) is 0 Å². The van der Waals surface area contributed by atoms with Gasteiger partial charge in [-0.25, -0.2) is 0 Å². The van der Waals surface area contributed by atoms with E-state index in [0.29, 0.717) is 10.8 Å². The molecule has 6 heteroatoms. The van der Waals surface area contributed by atoms with Gasteiger partial charge in [0.25, 0.3) is 0 Å². The summed E-state index contributed by atoms with van der Waals surface area (Å²) in [7, 11) is 0. The quantitative estimate of drug-likeness (QED) is 0.594. The molecule has 0 aromatic heterocycles. The molecule has 3 rings (SSSR count). The van der Waals surface area contributed by atoms with Gasteiger partial charge in [-0.1, -0.05) is 57.5 Å². The average molecular weight is 446 g/mol. The van der Waals surface area contributed by atoms with E-state index in [1.807, 2.05) is 18.2 Å². The molecule has 0 aliphatic carbocycles. The van der Waals surface area contributed by atoms with Gasteiger partial charge in [-0.05, 0) is 41.8 Å². The molecule has 1 N–H and O–H groups in total. The molecule has 1 amide bonds. The summed E-state index contributed by atoms with van der Waals surface area (Å²) in [6.07, 6.45) is 0. The van der Waals surface area contributed by atoms with Crippen LogP contribution in [0.15, 0.2) is 47.4 Å². The number of benzene rings is 2. The lowest BCUT2D eigenvalue weighted by atomic mass is 9.87. The van der Waals surface area contributed by atoms with Crippen molar-refractivity contribution in [2.45, 2.75) is 38.0 Å². The van der Waals surface area contributed by atoms with Crippen LogP contribution < -0.4 is 10.2 Å². The van der Waals surface area contributed by atoms with E-state index < -0.39 is 0 Å². The van der Waals surface area contributed by atoms with Gasteiger partial charge in [-0.2, -0.15) is 0 Å². The van der Waals surface area contributed by atoms with Crippen LogP contribution in [-0.4, -0.2) is 49.3 Å². The van der Waals surface area contributed by atoms with Crippen molar-refractivity contribution in [3.8, 4) is 0 Å². The summed E-state index contributed by atoms with van der Waals surface area (Å²) in [6, 6.07) is 14.2. The second kappa shape index (κ2) is 10.1. The van der Waals surface area contributed by atoms with Crippen molar-refractivity contribution in [1.82, 2.24) is 4.90 Å². The van der Waals surface area contributed by atoms with Gasteiger partial charge in [-0.15, -0.1) is 11.8 Å². The Balaban J connectivity index is 1.62. The number of carbonyl (C=O) groups is 1. The lowest BCUT2D eigenvalue weighted by Crippen LogP contribution is -2.46. The van der Waals surface area contributed by atoms with E-state index in [2.05, 4.69) is 67.1 Å². The number of rotatable bonds is 6. The van der Waals surface area contributed by atoms with Crippen molar-refractivity contribution >= 4 is 40.6 Å². The molecular formula is C24H32ClN3OS. The fourth-order valence-corrected chi connectivity index (χ4v) is 4.60. The topological polar surface area (TPSA) is 35.6 Å². The first-order valence-corrected chi connectivity index (χ1v) is 11.9. The lowest BCUT2D eigenvalue weighted by molar-refractivity contribution is -0.113. The smallest absolute Gasteiger partial charge is 0.234 e. The van der Waals surface area contributed by atoms with Gasteiger partial charge in [0.15, 0.2) is 0 Å². The number of thioether (sulfide) groups is 1. The van der Waals surface area contributed by atoms with E-state index in [9.17, 15) is 4.79 Å². The predicted molar refractivity (Wildman–Crippen MR) is 130 cm³/mol. The van der Waals surface area contributed by atoms with Gasteiger partial charge in [0.05, 0.1) is 22.2 Å². The Morgan fingerprint density at radius 1 is 1.07 bits per heavy atom. The Kier molecular flexibility index (Phi) is 7.72. The maximum atomic E-state index is 12.7. The summed E-state index contributed by atoms with van der Waals surface area (Å²) < 4.78 is 0. The van der Waals surface area contributed by atoms with Crippen LogP contribution in [0.3, 0.4) is 0 Å². The first-order valence-electron chi connectivity index (χ1n) is 10.6. The van der Waals surface area contributed by atoms with E-state index in [1.54, 1.807) is 11.8 Å². The van der Waals surface area contributed by atoms with E-state index in [1.165, 1.54) is 5.56 Å². The van der Waals surface area contributed by atoms with Crippen LogP contribution in [0.4, 0.5) is 11.4 Å². The highest BCUT2D eigenvalue weighted by molar-refractivity contribution is 8.00. The van der Waals surface area contributed by atoms with Gasteiger partial charge < -0.3 is 15.1 Å². The monoisotopic (exact) mass is 445 g/mol. The number of nitrogens with one attached hydrogen (secondary N) is 1. The normalized spacial score (nSPS) is 15.3. The predicted octanol–water partition coefficient (Wildman–Crippen LogP) is 5.51. The zero-order chi connectivity index (χ0) is 21.7. The number of carbonyl (C=O) groups excluding carboxylic acids is 1. The van der Waals surface area contributed by atoms with Crippen molar-refractivity contribution in [3.63, 3.8) is 0 Å². The molecule has 2 aromatic carbocycles. The molecule has 1 fully saturated rings. The molecule has 1 heterocycles. The number of anilines is 2. The van der Waals surface area contributed by atoms with Gasteiger partial charge in [0.1, 0.15) is 0 Å². The Hall–Kier alpha value is -1.69. The van der Waals surface area contributed by atoms with Crippen molar-refractivity contribution < 1.29 is 4.79 Å². The highest BCUT2D eigenvalue weighted by atomic mass is 35.5. The largest absolute Gasteiger partial charge is 0.366 e. The maximum Gasteiger partial charge on any atom is 0.234 e. The fraction of sp³-hybridized carbons (Fsp3) is 0.458. The van der Waals surface area contributed by atoms with Crippen molar-refractivity contribution in [2.24, 2.45) is 0 Å². The minimum Gasteiger partial charge on any atom is -0.366 e. The van der Waals surface area contributed by atoms with E-state index in [4.69, 9.17) is 11.6 Å². The molecule has 1 aliphatic rings. The van der Waals surface area contributed by atoms with Crippen LogP contribution in [0.25, 0.3) is 0 Å². The summed E-state index contributed by atoms with van der Waals surface area (Å²) in [5.41, 5.74) is 3.15. The van der Waals surface area contributed by atoms with Crippen LogP contribution in [-0.2, 0) is 10.2 Å². The maximum absolute atomic E-state index is 12.7. The summed E-state index contributed by atoms with van der Waals surface area (Å²) >= 11 is 8.08. The Morgan fingerprint density at radius 3 is 2.33 bits per heavy atom. The number of hydrogen-bond donors (Lipinski definition) is 1. The SMILES string of the molecule is CCN1CCN(c2c(Cl)cccc2NC(=O)CSc2ccc(C(C)(C)C)cc2)CC1. The summed E-state index contributed by atoms with van der Waals surface area (Å²) in [5.74, 6) is 0.348. The van der Waals surface area contributed by atoms with E-state index >= 15 is 0 Å². The standard InChI is InChI=1S/C24H32ClN3OS/c1-5-27-13-15-28(16-14-27)23-20(25)7-6-8-21(23)26-22(29)17-30-19-11-9-18(10-12-19)24(2,3)4/h6-12H,5,13-17H2,1-4H3,(H,26,29). The van der Waals surface area contributed by atoms with Gasteiger partial charge in [-0.3, -0.25) is 4.79 Å². The molecule has 2 aromatic rings. The summed E-state index contributed by atoms with van der Waals surface area (Å²) in [4.78, 5) is 18.5. The van der Waals surface area contributed by atoms with E-state index in [0.717, 1.165) is 49.0 Å². The van der Waals surface area contributed by atoms with Crippen molar-refractivity contribution in [1.29, 1.82) is 0 Å². The average Bonchev–Trinajstić information content (AvgIpc) is 2.72. The molecule has 1 aliphatic heterocycles. The summed E-state index contributed by atoms with van der Waals surface area (Å²) in [5, 5.41) is 3.76. The number of halogens is 1.